The smallest absolute Gasteiger partial charge is 0.263 e. The summed E-state index contributed by atoms with van der Waals surface area (Å²) in [7, 11) is -3.45. The van der Waals surface area contributed by atoms with E-state index < -0.39 is 10.0 Å². The molecule has 3 rings (SSSR count). The summed E-state index contributed by atoms with van der Waals surface area (Å²) in [5.41, 5.74) is 6.82. The number of amidine groups is 1. The Hall–Kier alpha value is -1.40. The van der Waals surface area contributed by atoms with Gasteiger partial charge in [0.2, 0.25) is 0 Å². The minimum Gasteiger partial charge on any atom is -0.326 e. The number of benzene rings is 1. The van der Waals surface area contributed by atoms with Crippen LogP contribution in [-0.4, -0.2) is 26.3 Å². The lowest BCUT2D eigenvalue weighted by Crippen LogP contribution is -2.34. The van der Waals surface area contributed by atoms with Gasteiger partial charge in [-0.15, -0.1) is 0 Å². The van der Waals surface area contributed by atoms with Crippen molar-refractivity contribution in [3.63, 3.8) is 0 Å². The molecular weight excluding hydrogens is 274 g/mol. The molecule has 1 fully saturated rings. The van der Waals surface area contributed by atoms with E-state index in [4.69, 9.17) is 5.73 Å². The third-order valence-corrected chi connectivity index (χ3v) is 5.39. The Morgan fingerprint density at radius 2 is 1.90 bits per heavy atom. The largest absolute Gasteiger partial charge is 0.326 e. The second-order valence-electron chi connectivity index (χ2n) is 5.45. The van der Waals surface area contributed by atoms with Crippen LogP contribution in [0.25, 0.3) is 0 Å². The molecule has 2 unspecified atom stereocenters. The SMILES string of the molecule is NC1CCCCCC1N=C1NS(=O)(=O)c2ccccc21. The van der Waals surface area contributed by atoms with Crippen molar-refractivity contribution < 1.29 is 8.42 Å². The Labute approximate surface area is 119 Å². The van der Waals surface area contributed by atoms with E-state index in [-0.39, 0.29) is 12.1 Å². The highest BCUT2D eigenvalue weighted by atomic mass is 32.2. The van der Waals surface area contributed by atoms with Crippen LogP contribution >= 0.6 is 0 Å². The summed E-state index contributed by atoms with van der Waals surface area (Å²) in [6.07, 6.45) is 5.29. The first-order chi connectivity index (χ1) is 9.58. The first kappa shape index (κ1) is 13.6. The van der Waals surface area contributed by atoms with Gasteiger partial charge in [0.25, 0.3) is 10.0 Å². The van der Waals surface area contributed by atoms with Crippen LogP contribution in [0.5, 0.6) is 0 Å². The summed E-state index contributed by atoms with van der Waals surface area (Å²) in [6, 6.07) is 6.95. The molecule has 2 atom stereocenters. The number of fused-ring (bicyclic) bond motifs is 1. The molecule has 1 aromatic rings. The molecule has 0 radical (unpaired) electrons. The highest BCUT2D eigenvalue weighted by Gasteiger charge is 2.31. The van der Waals surface area contributed by atoms with Gasteiger partial charge >= 0.3 is 0 Å². The highest BCUT2D eigenvalue weighted by molar-refractivity contribution is 7.90. The van der Waals surface area contributed by atoms with Crippen molar-refractivity contribution in [2.45, 2.75) is 49.1 Å². The standard InChI is InChI=1S/C14H19N3O2S/c15-11-7-2-1-3-8-12(11)16-14-10-6-4-5-9-13(10)20(18,19)17-14/h4-6,9,11-12H,1-3,7-8,15H2,(H,16,17). The highest BCUT2D eigenvalue weighted by Crippen LogP contribution is 2.25. The van der Waals surface area contributed by atoms with Crippen molar-refractivity contribution in [2.75, 3.05) is 0 Å². The maximum Gasteiger partial charge on any atom is 0.263 e. The van der Waals surface area contributed by atoms with Crippen LogP contribution in [0.3, 0.4) is 0 Å². The number of nitrogens with two attached hydrogens (primary N) is 1. The van der Waals surface area contributed by atoms with Gasteiger partial charge in [0.15, 0.2) is 0 Å². The molecule has 5 nitrogen and oxygen atoms in total. The van der Waals surface area contributed by atoms with E-state index in [1.165, 1.54) is 6.42 Å². The molecule has 1 aliphatic carbocycles. The molecule has 108 valence electrons. The van der Waals surface area contributed by atoms with Gasteiger partial charge in [-0.05, 0) is 25.0 Å². The van der Waals surface area contributed by atoms with Crippen molar-refractivity contribution in [1.29, 1.82) is 0 Å². The van der Waals surface area contributed by atoms with Gasteiger partial charge in [-0.1, -0.05) is 31.4 Å². The molecule has 0 aromatic heterocycles. The third-order valence-electron chi connectivity index (χ3n) is 3.99. The molecule has 1 saturated carbocycles. The first-order valence-electron chi connectivity index (χ1n) is 7.03. The van der Waals surface area contributed by atoms with Crippen molar-refractivity contribution in [3.05, 3.63) is 29.8 Å². The van der Waals surface area contributed by atoms with Gasteiger partial charge < -0.3 is 5.73 Å². The van der Waals surface area contributed by atoms with Gasteiger partial charge in [-0.3, -0.25) is 9.71 Å². The van der Waals surface area contributed by atoms with Crippen molar-refractivity contribution in [1.82, 2.24) is 4.72 Å². The van der Waals surface area contributed by atoms with E-state index >= 15 is 0 Å². The molecule has 0 bridgehead atoms. The van der Waals surface area contributed by atoms with Crippen molar-refractivity contribution in [2.24, 2.45) is 10.7 Å². The van der Waals surface area contributed by atoms with Crippen LogP contribution in [0.1, 0.15) is 37.7 Å². The summed E-state index contributed by atoms with van der Waals surface area (Å²) >= 11 is 0. The number of rotatable bonds is 1. The van der Waals surface area contributed by atoms with Crippen LogP contribution in [0.4, 0.5) is 0 Å². The molecule has 1 aliphatic heterocycles. The van der Waals surface area contributed by atoms with E-state index in [9.17, 15) is 8.42 Å². The second-order valence-corrected chi connectivity index (χ2v) is 7.10. The summed E-state index contributed by atoms with van der Waals surface area (Å²) in [5.74, 6) is 0.447. The molecule has 1 heterocycles. The Morgan fingerprint density at radius 3 is 2.75 bits per heavy atom. The quantitative estimate of drug-likeness (QED) is 0.767. The zero-order valence-corrected chi connectivity index (χ0v) is 12.1. The van der Waals surface area contributed by atoms with Crippen LogP contribution in [0, 0.1) is 0 Å². The van der Waals surface area contributed by atoms with Gasteiger partial charge in [-0.25, -0.2) is 8.42 Å². The lowest BCUT2D eigenvalue weighted by Gasteiger charge is -2.17. The predicted octanol–water partition coefficient (Wildman–Crippen LogP) is 1.39. The zero-order valence-electron chi connectivity index (χ0n) is 11.2. The Bertz CT molecular complexity index is 640. The monoisotopic (exact) mass is 293 g/mol. The lowest BCUT2D eigenvalue weighted by atomic mass is 10.0. The van der Waals surface area contributed by atoms with Crippen LogP contribution < -0.4 is 10.5 Å². The summed E-state index contributed by atoms with van der Waals surface area (Å²) in [5, 5.41) is 0. The van der Waals surface area contributed by atoms with Crippen LogP contribution in [0.15, 0.2) is 34.2 Å². The second kappa shape index (κ2) is 5.18. The fourth-order valence-electron chi connectivity index (χ4n) is 2.87. The van der Waals surface area contributed by atoms with Crippen molar-refractivity contribution in [3.8, 4) is 0 Å². The molecule has 1 aromatic carbocycles. The number of hydrogen-bond donors (Lipinski definition) is 2. The summed E-state index contributed by atoms with van der Waals surface area (Å²) in [4.78, 5) is 4.92. The summed E-state index contributed by atoms with van der Waals surface area (Å²) in [6.45, 7) is 0. The Balaban J connectivity index is 1.97. The van der Waals surface area contributed by atoms with E-state index in [0.29, 0.717) is 16.3 Å². The van der Waals surface area contributed by atoms with Gasteiger partial charge in [0.05, 0.1) is 10.9 Å². The average Bonchev–Trinajstić information content (AvgIpc) is 2.56. The summed E-state index contributed by atoms with van der Waals surface area (Å²) < 4.78 is 26.6. The number of sulfonamides is 1. The van der Waals surface area contributed by atoms with E-state index in [1.807, 2.05) is 6.07 Å². The zero-order chi connectivity index (χ0) is 14.2. The van der Waals surface area contributed by atoms with E-state index in [1.54, 1.807) is 18.2 Å². The fourth-order valence-corrected chi connectivity index (χ4v) is 4.11. The molecule has 0 amide bonds. The maximum absolute atomic E-state index is 12.0. The van der Waals surface area contributed by atoms with Gasteiger partial charge in [0.1, 0.15) is 5.84 Å². The topological polar surface area (TPSA) is 84.5 Å². The predicted molar refractivity (Wildman–Crippen MR) is 78.1 cm³/mol. The number of nitrogens with zero attached hydrogens (tertiary/aromatic N) is 1. The van der Waals surface area contributed by atoms with E-state index in [2.05, 4.69) is 9.71 Å². The minimum absolute atomic E-state index is 0.00126. The third kappa shape index (κ3) is 2.45. The van der Waals surface area contributed by atoms with Gasteiger partial charge in [-0.2, -0.15) is 0 Å². The minimum atomic E-state index is -3.45. The van der Waals surface area contributed by atoms with E-state index in [0.717, 1.165) is 25.7 Å². The molecule has 2 aliphatic rings. The lowest BCUT2D eigenvalue weighted by molar-refractivity contribution is 0.502. The first-order valence-corrected chi connectivity index (χ1v) is 8.52. The average molecular weight is 293 g/mol. The molecular formula is C14H19N3O2S. The number of aliphatic imine (C=N–C) groups is 1. The maximum atomic E-state index is 12.0. The number of hydrogen-bond acceptors (Lipinski definition) is 4. The molecule has 6 heteroatoms. The van der Waals surface area contributed by atoms with Gasteiger partial charge in [0, 0.05) is 11.6 Å². The molecule has 20 heavy (non-hydrogen) atoms. The molecule has 0 saturated heterocycles. The Morgan fingerprint density at radius 1 is 1.15 bits per heavy atom. The van der Waals surface area contributed by atoms with Crippen LogP contribution in [0.2, 0.25) is 0 Å². The molecule has 3 N–H and O–H groups in total. The number of nitrogens with one attached hydrogen (secondary N) is 1. The van der Waals surface area contributed by atoms with Crippen LogP contribution in [-0.2, 0) is 10.0 Å². The Kier molecular flexibility index (Phi) is 3.52. The molecule has 0 spiro atoms. The fraction of sp³-hybridized carbons (Fsp3) is 0.500. The normalized spacial score (nSPS) is 30.6. The van der Waals surface area contributed by atoms with Crippen molar-refractivity contribution >= 4 is 15.9 Å².